The second kappa shape index (κ2) is 6.55. The fourth-order valence-corrected chi connectivity index (χ4v) is 3.10. The molecule has 0 unspecified atom stereocenters. The van der Waals surface area contributed by atoms with E-state index in [9.17, 15) is 4.79 Å². The van der Waals surface area contributed by atoms with Gasteiger partial charge in [-0.05, 0) is 32.3 Å². The molecule has 112 valence electrons. The van der Waals surface area contributed by atoms with Crippen molar-refractivity contribution in [2.45, 2.75) is 33.7 Å². The minimum absolute atomic E-state index is 0.189. The average Bonchev–Trinajstić information content (AvgIpc) is 2.44. The Labute approximate surface area is 121 Å². The van der Waals surface area contributed by atoms with Crippen LogP contribution in [-0.2, 0) is 14.3 Å². The van der Waals surface area contributed by atoms with Crippen molar-refractivity contribution >= 4 is 5.97 Å². The van der Waals surface area contributed by atoms with Gasteiger partial charge in [0.15, 0.2) is 0 Å². The maximum atomic E-state index is 12.1. The van der Waals surface area contributed by atoms with Crippen LogP contribution >= 0.6 is 0 Å². The van der Waals surface area contributed by atoms with Gasteiger partial charge in [-0.25, -0.2) is 4.79 Å². The molecule has 1 saturated heterocycles. The van der Waals surface area contributed by atoms with Gasteiger partial charge >= 0.3 is 5.97 Å². The van der Waals surface area contributed by atoms with Crippen LogP contribution in [0, 0.1) is 5.92 Å². The number of hydrogen-bond acceptors (Lipinski definition) is 4. The Balaban J connectivity index is 2.21. The average molecular weight is 279 g/mol. The lowest BCUT2D eigenvalue weighted by Gasteiger charge is -2.39. The molecule has 2 aliphatic rings. The molecule has 0 saturated carbocycles. The number of morpholine rings is 1. The number of nitrogens with zero attached hydrogens (tertiary/aromatic N) is 1. The number of rotatable bonds is 3. The number of carbonyl (C=O) groups is 1. The molecule has 4 nitrogen and oxygen atoms in total. The molecule has 0 aromatic rings. The van der Waals surface area contributed by atoms with E-state index in [0.29, 0.717) is 18.6 Å². The summed E-state index contributed by atoms with van der Waals surface area (Å²) < 4.78 is 10.6. The predicted octanol–water partition coefficient (Wildman–Crippen LogP) is 2.16. The molecule has 1 aliphatic heterocycles. The van der Waals surface area contributed by atoms with Gasteiger partial charge in [-0.15, -0.1) is 0 Å². The van der Waals surface area contributed by atoms with E-state index in [-0.39, 0.29) is 5.97 Å². The number of ether oxygens (including phenoxy) is 2. The first-order valence-corrected chi connectivity index (χ1v) is 7.44. The molecule has 0 aromatic carbocycles. The largest absolute Gasteiger partial charge is 0.462 e. The smallest absolute Gasteiger partial charge is 0.338 e. The van der Waals surface area contributed by atoms with Crippen molar-refractivity contribution in [2.75, 3.05) is 32.9 Å². The predicted molar refractivity (Wildman–Crippen MR) is 78.4 cm³/mol. The topological polar surface area (TPSA) is 38.8 Å². The van der Waals surface area contributed by atoms with Crippen molar-refractivity contribution in [3.63, 3.8) is 0 Å². The van der Waals surface area contributed by atoms with E-state index in [0.717, 1.165) is 43.0 Å². The van der Waals surface area contributed by atoms with Gasteiger partial charge in [0, 0.05) is 19.1 Å². The highest BCUT2D eigenvalue weighted by molar-refractivity contribution is 5.94. The molecule has 2 rings (SSSR count). The van der Waals surface area contributed by atoms with Crippen molar-refractivity contribution in [1.29, 1.82) is 0 Å². The molecule has 0 amide bonds. The molecule has 1 fully saturated rings. The Morgan fingerprint density at radius 1 is 1.40 bits per heavy atom. The van der Waals surface area contributed by atoms with E-state index in [1.165, 1.54) is 0 Å². The van der Waals surface area contributed by atoms with Crippen molar-refractivity contribution in [2.24, 2.45) is 5.92 Å². The van der Waals surface area contributed by atoms with Gasteiger partial charge in [-0.2, -0.15) is 0 Å². The fourth-order valence-electron chi connectivity index (χ4n) is 3.10. The molecule has 2 atom stereocenters. The first-order valence-electron chi connectivity index (χ1n) is 7.44. The second-order valence-electron chi connectivity index (χ2n) is 5.56. The first-order chi connectivity index (χ1) is 9.56. The van der Waals surface area contributed by atoms with Crippen LogP contribution in [0.25, 0.3) is 0 Å². The van der Waals surface area contributed by atoms with Crippen molar-refractivity contribution in [3.05, 3.63) is 22.8 Å². The summed E-state index contributed by atoms with van der Waals surface area (Å²) in [5, 5.41) is 0. The summed E-state index contributed by atoms with van der Waals surface area (Å²) in [7, 11) is 0. The summed E-state index contributed by atoms with van der Waals surface area (Å²) >= 11 is 0. The van der Waals surface area contributed by atoms with Gasteiger partial charge in [0.25, 0.3) is 0 Å². The van der Waals surface area contributed by atoms with Crippen molar-refractivity contribution in [1.82, 2.24) is 4.90 Å². The van der Waals surface area contributed by atoms with Crippen molar-refractivity contribution < 1.29 is 14.3 Å². The number of esters is 1. The highest BCUT2D eigenvalue weighted by Crippen LogP contribution is 2.33. The zero-order valence-electron chi connectivity index (χ0n) is 12.9. The van der Waals surface area contributed by atoms with Gasteiger partial charge in [0.2, 0.25) is 0 Å². The Hall–Kier alpha value is -1.13. The summed E-state index contributed by atoms with van der Waals surface area (Å²) in [6, 6.07) is 0.358. The zero-order chi connectivity index (χ0) is 14.7. The van der Waals surface area contributed by atoms with Crippen LogP contribution in [0.3, 0.4) is 0 Å². The summed E-state index contributed by atoms with van der Waals surface area (Å²) in [5.74, 6) is 0.141. The van der Waals surface area contributed by atoms with Gasteiger partial charge in [0.1, 0.15) is 0 Å². The lowest BCUT2D eigenvalue weighted by atomic mass is 9.81. The maximum absolute atomic E-state index is 12.1. The molecule has 0 bridgehead atoms. The Kier molecular flexibility index (Phi) is 5.00. The molecule has 0 spiro atoms. The molecule has 20 heavy (non-hydrogen) atoms. The Morgan fingerprint density at radius 3 is 2.65 bits per heavy atom. The third-order valence-electron chi connectivity index (χ3n) is 4.35. The Morgan fingerprint density at radius 2 is 2.05 bits per heavy atom. The van der Waals surface area contributed by atoms with Crippen LogP contribution in [0.4, 0.5) is 0 Å². The minimum Gasteiger partial charge on any atom is -0.462 e. The van der Waals surface area contributed by atoms with Gasteiger partial charge in [-0.1, -0.05) is 18.6 Å². The molecule has 1 heterocycles. The Bertz CT molecular complexity index is 433. The van der Waals surface area contributed by atoms with E-state index in [4.69, 9.17) is 9.47 Å². The van der Waals surface area contributed by atoms with Crippen LogP contribution < -0.4 is 0 Å². The highest BCUT2D eigenvalue weighted by atomic mass is 16.5. The van der Waals surface area contributed by atoms with Crippen LogP contribution in [0.5, 0.6) is 0 Å². The van der Waals surface area contributed by atoms with Crippen molar-refractivity contribution in [3.8, 4) is 0 Å². The summed E-state index contributed by atoms with van der Waals surface area (Å²) in [6.07, 6.45) is 2.22. The first kappa shape index (κ1) is 15.3. The lowest BCUT2D eigenvalue weighted by molar-refractivity contribution is -0.138. The third-order valence-corrected chi connectivity index (χ3v) is 4.35. The zero-order valence-corrected chi connectivity index (χ0v) is 12.9. The normalized spacial score (nSPS) is 28.3. The molecule has 4 heteroatoms. The van der Waals surface area contributed by atoms with E-state index in [1.54, 1.807) is 0 Å². The number of carbonyl (C=O) groups excluding carboxylic acids is 1. The quantitative estimate of drug-likeness (QED) is 0.742. The molecule has 0 N–H and O–H groups in total. The van der Waals surface area contributed by atoms with Crippen LogP contribution in [-0.4, -0.2) is 49.8 Å². The van der Waals surface area contributed by atoms with Crippen LogP contribution in [0.2, 0.25) is 0 Å². The van der Waals surface area contributed by atoms with E-state index < -0.39 is 0 Å². The summed E-state index contributed by atoms with van der Waals surface area (Å²) in [4.78, 5) is 14.5. The minimum atomic E-state index is -0.189. The molecular weight excluding hydrogens is 254 g/mol. The van der Waals surface area contributed by atoms with E-state index in [2.05, 4.69) is 24.8 Å². The van der Waals surface area contributed by atoms with Gasteiger partial charge in [-0.3, -0.25) is 4.90 Å². The molecule has 0 radical (unpaired) electrons. The monoisotopic (exact) mass is 279 g/mol. The standard InChI is InChI=1S/C16H25NO3/c1-5-20-16(18)15-11(2)10-14(12(3)13(15)4)17-6-8-19-9-7-17/h10,12,14H,5-9H2,1-4H3/t12-,14-/m1/s1. The van der Waals surface area contributed by atoms with Gasteiger partial charge < -0.3 is 9.47 Å². The summed E-state index contributed by atoms with van der Waals surface area (Å²) in [6.45, 7) is 12.0. The fraction of sp³-hybridized carbons (Fsp3) is 0.688. The number of hydrogen-bond donors (Lipinski definition) is 0. The summed E-state index contributed by atoms with van der Waals surface area (Å²) in [5.41, 5.74) is 2.94. The highest BCUT2D eigenvalue weighted by Gasteiger charge is 2.32. The maximum Gasteiger partial charge on any atom is 0.338 e. The molecular formula is C16H25NO3. The van der Waals surface area contributed by atoms with Gasteiger partial charge in [0.05, 0.1) is 25.4 Å². The molecule has 0 aromatic heterocycles. The lowest BCUT2D eigenvalue weighted by Crippen LogP contribution is -2.47. The molecule has 1 aliphatic carbocycles. The second-order valence-corrected chi connectivity index (χ2v) is 5.56. The van der Waals surface area contributed by atoms with Crippen LogP contribution in [0.15, 0.2) is 22.8 Å². The third kappa shape index (κ3) is 2.96. The SMILES string of the molecule is CCOC(=O)C1=C(C)[C@@H](C)[C@H](N2CCOCC2)C=C1C. The van der Waals surface area contributed by atoms with Crippen LogP contribution in [0.1, 0.15) is 27.7 Å². The van der Waals surface area contributed by atoms with E-state index in [1.807, 2.05) is 13.8 Å². The van der Waals surface area contributed by atoms with E-state index >= 15 is 0 Å².